The molecule has 8 nitrogen and oxygen atoms in total. The Morgan fingerprint density at radius 3 is 2.38 bits per heavy atom. The predicted octanol–water partition coefficient (Wildman–Crippen LogP) is 4.74. The van der Waals surface area contributed by atoms with Gasteiger partial charge >= 0.3 is 0 Å². The monoisotopic (exact) mass is 426 g/mol. The number of para-hydroxylation sites is 2. The van der Waals surface area contributed by atoms with Crippen LogP contribution in [0, 0.1) is 10.1 Å². The summed E-state index contributed by atoms with van der Waals surface area (Å²) >= 11 is 0. The zero-order valence-electron chi connectivity index (χ0n) is 17.1. The van der Waals surface area contributed by atoms with Gasteiger partial charge in [-0.25, -0.2) is 0 Å². The van der Waals surface area contributed by atoms with Crippen molar-refractivity contribution in [2.45, 2.75) is 6.04 Å². The standard InChI is InChI=1S/C24H18N4O4/c1-32-17-13-11-15(12-14-17)21-20-22(26-25-21)24(29)27(16-7-3-2-4-8-16)23(20)18-9-5-6-10-19(18)28(30)31/h2-14,23H,1H3,(H,25,26)/t23-/m0/s1. The topological polar surface area (TPSA) is 101 Å². The van der Waals surface area contributed by atoms with Crippen LogP contribution in [0.25, 0.3) is 11.3 Å². The number of aromatic amines is 1. The van der Waals surface area contributed by atoms with E-state index in [0.717, 1.165) is 5.56 Å². The van der Waals surface area contributed by atoms with Crippen molar-refractivity contribution in [1.82, 2.24) is 10.2 Å². The molecule has 1 atom stereocenters. The minimum absolute atomic E-state index is 0.0547. The van der Waals surface area contributed by atoms with Crippen molar-refractivity contribution in [2.24, 2.45) is 0 Å². The van der Waals surface area contributed by atoms with Crippen molar-refractivity contribution in [3.8, 4) is 17.0 Å². The molecule has 1 aliphatic rings. The van der Waals surface area contributed by atoms with Gasteiger partial charge in [0.25, 0.3) is 11.6 Å². The summed E-state index contributed by atoms with van der Waals surface area (Å²) in [6, 6.07) is 22.2. The van der Waals surface area contributed by atoms with E-state index in [1.807, 2.05) is 54.6 Å². The van der Waals surface area contributed by atoms with E-state index in [-0.39, 0.29) is 11.6 Å². The number of methoxy groups -OCH3 is 1. The molecule has 0 spiro atoms. The Balaban J connectivity index is 1.75. The summed E-state index contributed by atoms with van der Waals surface area (Å²) in [5.74, 6) is 0.403. The van der Waals surface area contributed by atoms with Gasteiger partial charge in [0, 0.05) is 22.9 Å². The first kappa shape index (κ1) is 19.5. The second-order valence-corrected chi connectivity index (χ2v) is 7.32. The Morgan fingerprint density at radius 1 is 1.00 bits per heavy atom. The van der Waals surface area contributed by atoms with Crippen LogP contribution in [0.2, 0.25) is 0 Å². The van der Waals surface area contributed by atoms with Gasteiger partial charge in [-0.05, 0) is 42.5 Å². The maximum Gasteiger partial charge on any atom is 0.277 e. The number of amides is 1. The first-order valence-electron chi connectivity index (χ1n) is 9.94. The molecule has 2 heterocycles. The number of nitro benzene ring substituents is 1. The average Bonchev–Trinajstić information content (AvgIpc) is 3.38. The molecule has 0 saturated heterocycles. The first-order valence-corrected chi connectivity index (χ1v) is 9.94. The Bertz CT molecular complexity index is 1320. The fourth-order valence-electron chi connectivity index (χ4n) is 4.15. The molecule has 0 unspecified atom stereocenters. The Labute approximate surface area is 183 Å². The average molecular weight is 426 g/mol. The molecule has 5 rings (SSSR count). The second kappa shape index (κ2) is 7.66. The molecule has 8 heteroatoms. The van der Waals surface area contributed by atoms with E-state index < -0.39 is 11.0 Å². The molecule has 0 aliphatic carbocycles. The van der Waals surface area contributed by atoms with Gasteiger partial charge in [-0.15, -0.1) is 0 Å². The molecule has 4 aromatic rings. The van der Waals surface area contributed by atoms with Crippen molar-refractivity contribution >= 4 is 17.3 Å². The highest BCUT2D eigenvalue weighted by atomic mass is 16.6. The van der Waals surface area contributed by atoms with Crippen LogP contribution in [0.4, 0.5) is 11.4 Å². The lowest BCUT2D eigenvalue weighted by Crippen LogP contribution is -2.29. The normalized spacial score (nSPS) is 15.0. The number of carbonyl (C=O) groups excluding carboxylic acids is 1. The van der Waals surface area contributed by atoms with Crippen molar-refractivity contribution in [1.29, 1.82) is 0 Å². The Morgan fingerprint density at radius 2 is 1.69 bits per heavy atom. The summed E-state index contributed by atoms with van der Waals surface area (Å²) in [4.78, 5) is 26.5. The fraction of sp³-hybridized carbons (Fsp3) is 0.0833. The third-order valence-electron chi connectivity index (χ3n) is 5.59. The number of fused-ring (bicyclic) bond motifs is 1. The van der Waals surface area contributed by atoms with E-state index in [1.54, 1.807) is 30.2 Å². The third-order valence-corrected chi connectivity index (χ3v) is 5.59. The van der Waals surface area contributed by atoms with Gasteiger partial charge < -0.3 is 4.74 Å². The molecule has 0 fully saturated rings. The van der Waals surface area contributed by atoms with Gasteiger partial charge in [0.1, 0.15) is 11.4 Å². The highest BCUT2D eigenvalue weighted by Gasteiger charge is 2.45. The number of rotatable bonds is 5. The molecule has 158 valence electrons. The number of carbonyl (C=O) groups is 1. The highest BCUT2D eigenvalue weighted by Crippen LogP contribution is 2.47. The van der Waals surface area contributed by atoms with Crippen LogP contribution in [-0.4, -0.2) is 28.1 Å². The number of aromatic nitrogens is 2. The minimum atomic E-state index is -0.711. The van der Waals surface area contributed by atoms with Crippen LogP contribution >= 0.6 is 0 Å². The van der Waals surface area contributed by atoms with E-state index in [0.29, 0.717) is 34.0 Å². The van der Waals surface area contributed by atoms with Crippen molar-refractivity contribution in [3.05, 3.63) is 106 Å². The van der Waals surface area contributed by atoms with Crippen LogP contribution in [0.15, 0.2) is 78.9 Å². The minimum Gasteiger partial charge on any atom is -0.497 e. The molecule has 1 aliphatic heterocycles. The van der Waals surface area contributed by atoms with E-state index in [2.05, 4.69) is 10.2 Å². The lowest BCUT2D eigenvalue weighted by molar-refractivity contribution is -0.385. The molecule has 0 saturated carbocycles. The first-order chi connectivity index (χ1) is 15.6. The largest absolute Gasteiger partial charge is 0.497 e. The zero-order chi connectivity index (χ0) is 22.2. The van der Waals surface area contributed by atoms with Gasteiger partial charge in [0.2, 0.25) is 0 Å². The smallest absolute Gasteiger partial charge is 0.277 e. The SMILES string of the molecule is COc1ccc(-c2n[nH]c3c2[C@H](c2ccccc2[N+](=O)[O-])N(c2ccccc2)C3=O)cc1. The summed E-state index contributed by atoms with van der Waals surface area (Å²) in [5.41, 5.74) is 3.28. The molecule has 1 amide bonds. The summed E-state index contributed by atoms with van der Waals surface area (Å²) in [6.45, 7) is 0. The maximum absolute atomic E-state index is 13.5. The van der Waals surface area contributed by atoms with Gasteiger partial charge in [-0.2, -0.15) is 5.10 Å². The predicted molar refractivity (Wildman–Crippen MR) is 119 cm³/mol. The fourth-order valence-corrected chi connectivity index (χ4v) is 4.15. The second-order valence-electron chi connectivity index (χ2n) is 7.32. The molecular formula is C24H18N4O4. The van der Waals surface area contributed by atoms with Crippen LogP contribution in [0.3, 0.4) is 0 Å². The number of hydrogen-bond acceptors (Lipinski definition) is 5. The lowest BCUT2D eigenvalue weighted by atomic mass is 9.94. The van der Waals surface area contributed by atoms with E-state index in [4.69, 9.17) is 4.74 Å². The summed E-state index contributed by atoms with van der Waals surface area (Å²) in [6.07, 6.45) is 0. The maximum atomic E-state index is 13.5. The molecule has 32 heavy (non-hydrogen) atoms. The molecule has 3 aromatic carbocycles. The lowest BCUT2D eigenvalue weighted by Gasteiger charge is -2.26. The molecule has 1 aromatic heterocycles. The van der Waals surface area contributed by atoms with Crippen molar-refractivity contribution in [3.63, 3.8) is 0 Å². The van der Waals surface area contributed by atoms with Crippen molar-refractivity contribution in [2.75, 3.05) is 12.0 Å². The number of H-pyrrole nitrogens is 1. The van der Waals surface area contributed by atoms with Gasteiger partial charge in [0.05, 0.1) is 29.3 Å². The van der Waals surface area contributed by atoms with Gasteiger partial charge in [-0.3, -0.25) is 24.9 Å². The molecular weight excluding hydrogens is 408 g/mol. The molecule has 0 bridgehead atoms. The van der Waals surface area contributed by atoms with Crippen LogP contribution < -0.4 is 9.64 Å². The van der Waals surface area contributed by atoms with Crippen LogP contribution in [-0.2, 0) is 0 Å². The number of nitrogens with zero attached hydrogens (tertiary/aromatic N) is 3. The number of hydrogen-bond donors (Lipinski definition) is 1. The highest BCUT2D eigenvalue weighted by molar-refractivity contribution is 6.11. The number of benzene rings is 3. The third kappa shape index (κ3) is 3.01. The quantitative estimate of drug-likeness (QED) is 0.367. The number of nitrogens with one attached hydrogen (secondary N) is 1. The van der Waals surface area contributed by atoms with Crippen LogP contribution in [0.5, 0.6) is 5.75 Å². The van der Waals surface area contributed by atoms with E-state index >= 15 is 0 Å². The van der Waals surface area contributed by atoms with Crippen molar-refractivity contribution < 1.29 is 14.5 Å². The van der Waals surface area contributed by atoms with Crippen LogP contribution in [0.1, 0.15) is 27.7 Å². The summed E-state index contributed by atoms with van der Waals surface area (Å²) < 4.78 is 5.24. The number of anilines is 1. The summed E-state index contributed by atoms with van der Waals surface area (Å²) in [5, 5.41) is 19.1. The molecule has 1 N–H and O–H groups in total. The van der Waals surface area contributed by atoms with Gasteiger partial charge in [-0.1, -0.05) is 30.3 Å². The Hall–Kier alpha value is -4.46. The molecule has 0 radical (unpaired) electrons. The number of ether oxygens (including phenoxy) is 1. The summed E-state index contributed by atoms with van der Waals surface area (Å²) in [7, 11) is 1.59. The zero-order valence-corrected chi connectivity index (χ0v) is 17.1. The van der Waals surface area contributed by atoms with E-state index in [1.165, 1.54) is 6.07 Å². The Kier molecular flexibility index (Phi) is 4.67. The van der Waals surface area contributed by atoms with Gasteiger partial charge in [0.15, 0.2) is 0 Å². The number of nitro groups is 1. The van der Waals surface area contributed by atoms with E-state index in [9.17, 15) is 14.9 Å².